The summed E-state index contributed by atoms with van der Waals surface area (Å²) in [5, 5.41) is 54.5. The lowest BCUT2D eigenvalue weighted by Crippen LogP contribution is -2.60. The number of ether oxygens (including phenoxy) is 2. The van der Waals surface area contributed by atoms with Gasteiger partial charge in [-0.2, -0.15) is 0 Å². The van der Waals surface area contributed by atoms with Gasteiger partial charge in [0.25, 0.3) is 0 Å². The van der Waals surface area contributed by atoms with E-state index in [0.717, 1.165) is 103 Å². The van der Waals surface area contributed by atoms with Crippen molar-refractivity contribution in [3.63, 3.8) is 0 Å². The molecule has 1 fully saturated rings. The van der Waals surface area contributed by atoms with E-state index < -0.39 is 49.5 Å². The van der Waals surface area contributed by atoms with Crippen LogP contribution in [0.5, 0.6) is 0 Å². The Labute approximate surface area is 483 Å². The van der Waals surface area contributed by atoms with Crippen LogP contribution < -0.4 is 5.32 Å². The predicted octanol–water partition coefficient (Wildman–Crippen LogP) is 16.9. The van der Waals surface area contributed by atoms with Gasteiger partial charge in [0.05, 0.1) is 25.4 Å². The lowest BCUT2D eigenvalue weighted by atomic mass is 9.99. The largest absolute Gasteiger partial charge is 0.394 e. The standard InChI is InChI=1S/C70H117NO8/c1-3-5-7-9-11-13-15-17-19-21-22-23-24-25-26-27-28-29-30-31-32-33-34-35-36-37-38-39-40-41-42-44-46-48-50-52-54-56-58-60-66(74)71-63(62-78-70-69(77)68(76)67(75)65(61-72)79-70)64(73)59-57-55-53-51-49-47-45-43-20-18-16-14-12-10-8-6-4-2/h5,7,11,13,17,19-20,22-23,25-26,28-29,31-32,34-35,43,49,51,57,59,63-65,67-70,72-73,75-77H,3-4,6,8-10,12,14-16,18,21,24,27,30,33,36-42,44-48,50,52-56,58,60-62H2,1-2H3,(H,71,74)/b7-5-,13-11-,19-17-,23-22-,26-25-,29-28-,32-31-,35-34-,43-20+,51-49+,59-57+. The Bertz CT molecular complexity index is 1700. The fourth-order valence-corrected chi connectivity index (χ4v) is 9.20. The van der Waals surface area contributed by atoms with E-state index >= 15 is 0 Å². The van der Waals surface area contributed by atoms with Crippen molar-refractivity contribution < 1.29 is 39.8 Å². The van der Waals surface area contributed by atoms with Crippen LogP contribution in [0.2, 0.25) is 0 Å². The van der Waals surface area contributed by atoms with Crippen molar-refractivity contribution in [1.29, 1.82) is 0 Å². The lowest BCUT2D eigenvalue weighted by molar-refractivity contribution is -0.302. The fourth-order valence-electron chi connectivity index (χ4n) is 9.20. The second kappa shape index (κ2) is 57.6. The molecule has 79 heavy (non-hydrogen) atoms. The van der Waals surface area contributed by atoms with E-state index in [9.17, 15) is 30.3 Å². The molecule has 1 rings (SSSR count). The molecule has 9 nitrogen and oxygen atoms in total. The highest BCUT2D eigenvalue weighted by Gasteiger charge is 2.44. The van der Waals surface area contributed by atoms with Crippen LogP contribution in [-0.2, 0) is 14.3 Å². The molecule has 0 aliphatic carbocycles. The fraction of sp³-hybridized carbons (Fsp3) is 0.671. The van der Waals surface area contributed by atoms with E-state index in [1.165, 1.54) is 122 Å². The zero-order valence-corrected chi connectivity index (χ0v) is 50.1. The molecule has 6 N–H and O–H groups in total. The molecule has 7 atom stereocenters. The third-order valence-electron chi connectivity index (χ3n) is 14.2. The molecule has 1 heterocycles. The molecule has 0 aromatic heterocycles. The van der Waals surface area contributed by atoms with E-state index in [2.05, 4.69) is 141 Å². The van der Waals surface area contributed by atoms with Gasteiger partial charge in [0.15, 0.2) is 6.29 Å². The summed E-state index contributed by atoms with van der Waals surface area (Å²) in [5.41, 5.74) is 0. The van der Waals surface area contributed by atoms with Gasteiger partial charge in [-0.25, -0.2) is 0 Å². The summed E-state index contributed by atoms with van der Waals surface area (Å²) in [6.07, 6.45) is 81.0. The predicted molar refractivity (Wildman–Crippen MR) is 336 cm³/mol. The van der Waals surface area contributed by atoms with E-state index in [-0.39, 0.29) is 12.5 Å². The SMILES string of the molecule is CC/C=C\C/C=C\C/C=C\C/C=C\C/C=C\C/C=C\C/C=C\C/C=C\CCCCCCCCCCCCCCCCC(=O)NC(COC1OC(CO)C(O)C(O)C1O)C(O)/C=C/CC/C=C/CC/C=C/CCCCCCCCC. The molecule has 1 amide bonds. The maximum atomic E-state index is 13.1. The Morgan fingerprint density at radius 3 is 1.22 bits per heavy atom. The molecule has 1 aliphatic heterocycles. The molecule has 0 spiro atoms. The van der Waals surface area contributed by atoms with Crippen LogP contribution in [0.25, 0.3) is 0 Å². The molecule has 0 aromatic carbocycles. The van der Waals surface area contributed by atoms with Crippen LogP contribution in [0.3, 0.4) is 0 Å². The van der Waals surface area contributed by atoms with E-state index in [4.69, 9.17) is 9.47 Å². The van der Waals surface area contributed by atoms with Gasteiger partial charge in [-0.3, -0.25) is 4.79 Å². The molecule has 1 aliphatic rings. The third-order valence-corrected chi connectivity index (χ3v) is 14.2. The number of rotatable bonds is 53. The summed E-state index contributed by atoms with van der Waals surface area (Å²) in [7, 11) is 0. The van der Waals surface area contributed by atoms with Crippen LogP contribution in [0, 0.1) is 0 Å². The first-order valence-electron chi connectivity index (χ1n) is 31.9. The van der Waals surface area contributed by atoms with Gasteiger partial charge in [-0.05, 0) is 109 Å². The van der Waals surface area contributed by atoms with E-state index in [1.807, 2.05) is 6.08 Å². The Balaban J connectivity index is 2.15. The normalized spacial score (nSPS) is 19.5. The van der Waals surface area contributed by atoms with Crippen LogP contribution in [0.1, 0.15) is 245 Å². The van der Waals surface area contributed by atoms with Gasteiger partial charge in [-0.15, -0.1) is 0 Å². The quantitative estimate of drug-likeness (QED) is 0.0261. The maximum Gasteiger partial charge on any atom is 0.220 e. The van der Waals surface area contributed by atoms with Gasteiger partial charge in [-0.1, -0.05) is 263 Å². The minimum atomic E-state index is -1.58. The number of nitrogens with one attached hydrogen (secondary N) is 1. The maximum absolute atomic E-state index is 13.1. The number of aliphatic hydroxyl groups excluding tert-OH is 5. The average molecular weight is 1100 g/mol. The molecular formula is C70H117NO8. The minimum Gasteiger partial charge on any atom is -0.394 e. The highest BCUT2D eigenvalue weighted by Crippen LogP contribution is 2.23. The third kappa shape index (κ3) is 46.6. The summed E-state index contributed by atoms with van der Waals surface area (Å²) >= 11 is 0. The number of amides is 1. The zero-order valence-electron chi connectivity index (χ0n) is 50.1. The Kier molecular flexibility index (Phi) is 53.4. The Hall–Kier alpha value is -3.67. The number of carbonyl (C=O) groups is 1. The van der Waals surface area contributed by atoms with Crippen LogP contribution in [-0.4, -0.2) is 87.5 Å². The first-order valence-corrected chi connectivity index (χ1v) is 31.9. The van der Waals surface area contributed by atoms with Crippen LogP contribution in [0.15, 0.2) is 134 Å². The summed E-state index contributed by atoms with van der Waals surface area (Å²) in [6, 6.07) is -0.836. The first kappa shape index (κ1) is 73.3. The van der Waals surface area contributed by atoms with Gasteiger partial charge in [0.2, 0.25) is 5.91 Å². The number of hydrogen-bond donors (Lipinski definition) is 6. The highest BCUT2D eigenvalue weighted by molar-refractivity contribution is 5.76. The summed E-state index contributed by atoms with van der Waals surface area (Å²) < 4.78 is 11.3. The zero-order chi connectivity index (χ0) is 57.2. The van der Waals surface area contributed by atoms with Crippen molar-refractivity contribution in [3.8, 4) is 0 Å². The van der Waals surface area contributed by atoms with Crippen LogP contribution >= 0.6 is 0 Å². The van der Waals surface area contributed by atoms with Crippen molar-refractivity contribution >= 4 is 5.91 Å². The summed E-state index contributed by atoms with van der Waals surface area (Å²) in [4.78, 5) is 13.1. The van der Waals surface area contributed by atoms with Gasteiger partial charge in [0, 0.05) is 6.42 Å². The van der Waals surface area contributed by atoms with E-state index in [0.29, 0.717) is 6.42 Å². The average Bonchev–Trinajstić information content (AvgIpc) is 3.48. The van der Waals surface area contributed by atoms with E-state index in [1.54, 1.807) is 6.08 Å². The number of hydrogen-bond acceptors (Lipinski definition) is 8. The number of unbranched alkanes of at least 4 members (excludes halogenated alkanes) is 23. The second-order valence-corrected chi connectivity index (χ2v) is 21.4. The smallest absolute Gasteiger partial charge is 0.220 e. The topological polar surface area (TPSA) is 149 Å². The molecular weight excluding hydrogens is 983 g/mol. The van der Waals surface area contributed by atoms with Crippen molar-refractivity contribution in [2.45, 2.75) is 288 Å². The molecule has 0 aromatic rings. The Morgan fingerprint density at radius 1 is 0.443 bits per heavy atom. The van der Waals surface area contributed by atoms with Crippen LogP contribution in [0.4, 0.5) is 0 Å². The number of aliphatic hydroxyl groups is 5. The van der Waals surface area contributed by atoms with Crippen molar-refractivity contribution in [3.05, 3.63) is 134 Å². The lowest BCUT2D eigenvalue weighted by Gasteiger charge is -2.40. The summed E-state index contributed by atoms with van der Waals surface area (Å²) in [5.74, 6) is -0.196. The molecule has 9 heteroatoms. The van der Waals surface area contributed by atoms with Gasteiger partial charge < -0.3 is 40.3 Å². The molecule has 1 saturated heterocycles. The highest BCUT2D eigenvalue weighted by atomic mass is 16.7. The molecule has 7 unspecified atom stereocenters. The number of allylic oxidation sites excluding steroid dienone is 21. The van der Waals surface area contributed by atoms with Gasteiger partial charge in [0.1, 0.15) is 24.4 Å². The van der Waals surface area contributed by atoms with Crippen molar-refractivity contribution in [1.82, 2.24) is 5.32 Å². The van der Waals surface area contributed by atoms with Crippen molar-refractivity contribution in [2.75, 3.05) is 13.2 Å². The number of carbonyl (C=O) groups excluding carboxylic acids is 1. The first-order chi connectivity index (χ1) is 38.8. The second-order valence-electron chi connectivity index (χ2n) is 21.4. The Morgan fingerprint density at radius 2 is 0.797 bits per heavy atom. The summed E-state index contributed by atoms with van der Waals surface area (Å²) in [6.45, 7) is 3.63. The van der Waals surface area contributed by atoms with Gasteiger partial charge >= 0.3 is 0 Å². The molecule has 0 saturated carbocycles. The molecule has 450 valence electrons. The van der Waals surface area contributed by atoms with Crippen molar-refractivity contribution in [2.24, 2.45) is 0 Å². The molecule has 0 bridgehead atoms. The minimum absolute atomic E-state index is 0.196. The monoisotopic (exact) mass is 1100 g/mol. The molecule has 0 radical (unpaired) electrons.